The largest absolute Gasteiger partial charge is 0.425 e. The predicted octanol–water partition coefficient (Wildman–Crippen LogP) is 0.815. The summed E-state index contributed by atoms with van der Waals surface area (Å²) >= 11 is 0. The average molecular weight is 262 g/mol. The molecule has 0 spiro atoms. The topological polar surface area (TPSA) is 74.2 Å². The van der Waals surface area contributed by atoms with Crippen LogP contribution in [0.25, 0.3) is 0 Å². The number of hydrogen-bond acceptors (Lipinski definition) is 6. The lowest BCUT2D eigenvalue weighted by Gasteiger charge is -2.52. The van der Waals surface area contributed by atoms with Gasteiger partial charge in [-0.3, -0.25) is 0 Å². The van der Waals surface area contributed by atoms with Crippen molar-refractivity contribution in [3.63, 3.8) is 0 Å². The average Bonchev–Trinajstić information content (AvgIpc) is 2.35. The molecule has 1 heterocycles. The van der Waals surface area contributed by atoms with Crippen LogP contribution in [0.4, 0.5) is 0 Å². The molecule has 1 fully saturated rings. The molecule has 1 aliphatic heterocycles. The van der Waals surface area contributed by atoms with Crippen LogP contribution >= 0.6 is 0 Å². The fourth-order valence-electron chi connectivity index (χ4n) is 1.96. The summed E-state index contributed by atoms with van der Waals surface area (Å²) < 4.78 is 21.5. The van der Waals surface area contributed by atoms with Crippen LogP contribution in [-0.2, 0) is 23.7 Å². The molecule has 106 valence electrons. The molecule has 0 aromatic heterocycles. The molecule has 1 saturated heterocycles. The Balaban J connectivity index is 3.16. The Morgan fingerprint density at radius 2 is 1.72 bits per heavy atom. The van der Waals surface area contributed by atoms with Crippen molar-refractivity contribution in [2.24, 2.45) is 0 Å². The third-order valence-corrected chi connectivity index (χ3v) is 3.73. The summed E-state index contributed by atoms with van der Waals surface area (Å²) in [5, 5.41) is 9.96. The number of rotatable bonds is 4. The Morgan fingerprint density at radius 1 is 1.22 bits per heavy atom. The normalized spacial score (nSPS) is 42.5. The minimum absolute atomic E-state index is 0.356. The fourth-order valence-corrected chi connectivity index (χ4v) is 1.96. The van der Waals surface area contributed by atoms with E-state index in [1.54, 1.807) is 20.8 Å². The molecule has 0 aliphatic carbocycles. The quantitative estimate of drug-likeness (QED) is 0.756. The fraction of sp³-hybridized carbons (Fsp3) is 0.917. The van der Waals surface area contributed by atoms with E-state index >= 15 is 0 Å². The van der Waals surface area contributed by atoms with Crippen molar-refractivity contribution in [3.8, 4) is 0 Å². The Bertz CT molecular complexity index is 333. The number of aliphatic hydroxyl groups is 1. The highest BCUT2D eigenvalue weighted by Crippen LogP contribution is 2.42. The molecule has 0 aromatic rings. The zero-order chi connectivity index (χ0) is 14.2. The number of ether oxygens (including phenoxy) is 4. The second kappa shape index (κ2) is 4.77. The molecule has 0 bridgehead atoms. The van der Waals surface area contributed by atoms with Crippen molar-refractivity contribution >= 4 is 5.97 Å². The molecule has 0 saturated carbocycles. The van der Waals surface area contributed by atoms with Gasteiger partial charge in [-0.15, -0.1) is 0 Å². The summed E-state index contributed by atoms with van der Waals surface area (Å²) in [5.41, 5.74) is -1.47. The number of aliphatic hydroxyl groups excluding tert-OH is 1. The van der Waals surface area contributed by atoms with Crippen LogP contribution in [0.15, 0.2) is 0 Å². The van der Waals surface area contributed by atoms with Crippen LogP contribution in [0.1, 0.15) is 34.1 Å². The van der Waals surface area contributed by atoms with Crippen molar-refractivity contribution < 1.29 is 28.8 Å². The molecular formula is C12H22O6. The third-order valence-electron chi connectivity index (χ3n) is 3.73. The molecule has 4 atom stereocenters. The lowest BCUT2D eigenvalue weighted by atomic mass is 9.93. The van der Waals surface area contributed by atoms with Gasteiger partial charge < -0.3 is 24.1 Å². The smallest absolute Gasteiger partial charge is 0.343 e. The molecule has 1 N–H and O–H groups in total. The van der Waals surface area contributed by atoms with Crippen LogP contribution in [-0.4, -0.2) is 48.6 Å². The maximum atomic E-state index is 12.1. The van der Waals surface area contributed by atoms with Crippen molar-refractivity contribution in [2.45, 2.75) is 57.4 Å². The maximum absolute atomic E-state index is 12.1. The van der Waals surface area contributed by atoms with E-state index in [1.807, 2.05) is 0 Å². The molecule has 0 unspecified atom stereocenters. The van der Waals surface area contributed by atoms with Gasteiger partial charge in [0, 0.05) is 21.1 Å². The second-order valence-corrected chi connectivity index (χ2v) is 4.82. The van der Waals surface area contributed by atoms with Gasteiger partial charge in [-0.05, 0) is 20.3 Å². The van der Waals surface area contributed by atoms with E-state index in [0.717, 1.165) is 0 Å². The zero-order valence-electron chi connectivity index (χ0n) is 11.8. The van der Waals surface area contributed by atoms with E-state index in [1.165, 1.54) is 21.1 Å². The summed E-state index contributed by atoms with van der Waals surface area (Å²) in [6.07, 6.45) is -0.629. The summed E-state index contributed by atoms with van der Waals surface area (Å²) in [7, 11) is 2.82. The minimum Gasteiger partial charge on any atom is -0.425 e. The number of esters is 1. The molecule has 1 rings (SSSR count). The van der Waals surface area contributed by atoms with Gasteiger partial charge in [0.05, 0.1) is 6.10 Å². The molecular weight excluding hydrogens is 240 g/mol. The Kier molecular flexibility index (Phi) is 4.07. The summed E-state index contributed by atoms with van der Waals surface area (Å²) in [5.74, 6) is -3.34. The SMILES string of the molecule is CC[C@H](O)[C@]1(C)O[C@@](C)(OC)[C@](C)(OC)OC1=O. The number of methoxy groups -OCH3 is 2. The lowest BCUT2D eigenvalue weighted by molar-refractivity contribution is -0.427. The molecule has 18 heavy (non-hydrogen) atoms. The van der Waals surface area contributed by atoms with Gasteiger partial charge in [-0.1, -0.05) is 6.92 Å². The van der Waals surface area contributed by atoms with Gasteiger partial charge in [0.2, 0.25) is 5.79 Å². The van der Waals surface area contributed by atoms with E-state index in [2.05, 4.69) is 0 Å². The van der Waals surface area contributed by atoms with Gasteiger partial charge >= 0.3 is 5.97 Å². The van der Waals surface area contributed by atoms with Gasteiger partial charge in [-0.25, -0.2) is 4.79 Å². The Hall–Kier alpha value is -0.690. The van der Waals surface area contributed by atoms with Gasteiger partial charge in [0.1, 0.15) is 0 Å². The predicted molar refractivity (Wildman–Crippen MR) is 62.7 cm³/mol. The van der Waals surface area contributed by atoms with E-state index < -0.39 is 29.2 Å². The molecule has 0 radical (unpaired) electrons. The Labute approximate surface area is 107 Å². The first-order valence-electron chi connectivity index (χ1n) is 5.91. The second-order valence-electron chi connectivity index (χ2n) is 4.82. The van der Waals surface area contributed by atoms with Gasteiger partial charge in [0.15, 0.2) is 5.60 Å². The summed E-state index contributed by atoms with van der Waals surface area (Å²) in [6, 6.07) is 0. The first-order chi connectivity index (χ1) is 8.19. The number of cyclic esters (lactones) is 1. The highest BCUT2D eigenvalue weighted by molar-refractivity contribution is 5.81. The van der Waals surface area contributed by atoms with Crippen LogP contribution < -0.4 is 0 Å². The highest BCUT2D eigenvalue weighted by atomic mass is 16.8. The zero-order valence-corrected chi connectivity index (χ0v) is 11.8. The minimum atomic E-state index is -1.47. The van der Waals surface area contributed by atoms with Crippen LogP contribution in [0.5, 0.6) is 0 Å². The van der Waals surface area contributed by atoms with Crippen LogP contribution in [0, 0.1) is 0 Å². The molecule has 6 heteroatoms. The number of carbonyl (C=O) groups is 1. The molecule has 1 aliphatic rings. The van der Waals surface area contributed by atoms with Crippen molar-refractivity contribution in [1.29, 1.82) is 0 Å². The highest BCUT2D eigenvalue weighted by Gasteiger charge is 2.63. The summed E-state index contributed by atoms with van der Waals surface area (Å²) in [4.78, 5) is 12.1. The van der Waals surface area contributed by atoms with E-state index in [-0.39, 0.29) is 0 Å². The Morgan fingerprint density at radius 3 is 2.11 bits per heavy atom. The first-order valence-corrected chi connectivity index (χ1v) is 5.91. The number of hydrogen-bond donors (Lipinski definition) is 1. The molecule has 6 nitrogen and oxygen atoms in total. The van der Waals surface area contributed by atoms with Gasteiger partial charge in [-0.2, -0.15) is 0 Å². The molecule has 0 aromatic carbocycles. The van der Waals surface area contributed by atoms with E-state index in [4.69, 9.17) is 18.9 Å². The van der Waals surface area contributed by atoms with Gasteiger partial charge in [0.25, 0.3) is 5.79 Å². The van der Waals surface area contributed by atoms with Crippen molar-refractivity contribution in [1.82, 2.24) is 0 Å². The van der Waals surface area contributed by atoms with Crippen molar-refractivity contribution in [2.75, 3.05) is 14.2 Å². The maximum Gasteiger partial charge on any atom is 0.343 e. The third kappa shape index (κ3) is 2.03. The van der Waals surface area contributed by atoms with Crippen LogP contribution in [0.2, 0.25) is 0 Å². The van der Waals surface area contributed by atoms with E-state index in [9.17, 15) is 9.90 Å². The summed E-state index contributed by atoms with van der Waals surface area (Å²) in [6.45, 7) is 6.38. The molecule has 0 amide bonds. The van der Waals surface area contributed by atoms with Crippen LogP contribution in [0.3, 0.4) is 0 Å². The lowest BCUT2D eigenvalue weighted by Crippen LogP contribution is -2.70. The standard InChI is InChI=1S/C12H22O6/c1-7-8(13)10(2)9(14)17-11(3,15-5)12(4,16-6)18-10/h8,13H,7H2,1-6H3/t8-,10-,11+,12+/m0/s1. The van der Waals surface area contributed by atoms with Crippen molar-refractivity contribution in [3.05, 3.63) is 0 Å². The van der Waals surface area contributed by atoms with E-state index in [0.29, 0.717) is 6.42 Å². The first kappa shape index (κ1) is 15.4. The monoisotopic (exact) mass is 262 g/mol. The number of carbonyl (C=O) groups excluding carboxylic acids is 1.